The second-order valence-electron chi connectivity index (χ2n) is 6.88. The molecule has 0 unspecified atom stereocenters. The van der Waals surface area contributed by atoms with Crippen molar-refractivity contribution in [3.63, 3.8) is 0 Å². The van der Waals surface area contributed by atoms with Crippen molar-refractivity contribution in [2.24, 2.45) is 0 Å². The summed E-state index contributed by atoms with van der Waals surface area (Å²) in [6, 6.07) is 33.1. The Bertz CT molecular complexity index is 1120. The van der Waals surface area contributed by atoms with Gasteiger partial charge in [-0.05, 0) is 46.8 Å². The van der Waals surface area contributed by atoms with E-state index in [2.05, 4.69) is 0 Å². The van der Waals surface area contributed by atoms with Gasteiger partial charge in [0.05, 0.1) is 5.56 Å². The van der Waals surface area contributed by atoms with E-state index >= 15 is 0 Å². The normalized spacial score (nSPS) is 11.1. The first-order valence-corrected chi connectivity index (χ1v) is 11.4. The molecule has 0 atom stereocenters. The highest BCUT2D eigenvalue weighted by Gasteiger charge is 2.27. The number of phenols is 1. The molecule has 30 heavy (non-hydrogen) atoms. The summed E-state index contributed by atoms with van der Waals surface area (Å²) < 4.78 is 13.8. The minimum absolute atomic E-state index is 0.0397. The minimum Gasteiger partial charge on any atom is -0.507 e. The second-order valence-corrected chi connectivity index (χ2v) is 10.1. The van der Waals surface area contributed by atoms with Crippen molar-refractivity contribution in [1.82, 2.24) is 0 Å². The van der Waals surface area contributed by atoms with Crippen molar-refractivity contribution >= 4 is 34.4 Å². The number of ketones is 1. The van der Waals surface area contributed by atoms with Crippen LogP contribution in [0.15, 0.2) is 109 Å². The van der Waals surface area contributed by atoms with Gasteiger partial charge in [-0.15, -0.1) is 0 Å². The highest BCUT2D eigenvalue weighted by atomic mass is 31.2. The molecule has 4 heteroatoms. The minimum atomic E-state index is -2.52. The summed E-state index contributed by atoms with van der Waals surface area (Å²) in [7, 11) is 0. The number of halogens is 1. The maximum absolute atomic E-state index is 13.8. The zero-order valence-electron chi connectivity index (χ0n) is 16.2. The van der Waals surface area contributed by atoms with Crippen molar-refractivity contribution in [2.75, 3.05) is 0 Å². The Morgan fingerprint density at radius 1 is 0.700 bits per heavy atom. The Morgan fingerprint density at radius 3 is 1.57 bits per heavy atom. The molecule has 148 valence electrons. The van der Waals surface area contributed by atoms with Crippen molar-refractivity contribution in [3.05, 3.63) is 121 Å². The average molecular weight is 414 g/mol. The van der Waals surface area contributed by atoms with E-state index in [0.717, 1.165) is 28.0 Å². The van der Waals surface area contributed by atoms with Crippen LogP contribution in [0.4, 0.5) is 4.39 Å². The van der Waals surface area contributed by atoms with Gasteiger partial charge in [-0.3, -0.25) is 4.79 Å². The van der Waals surface area contributed by atoms with Crippen LogP contribution >= 0.6 is 6.89 Å². The molecular formula is C26H20FO2P. The van der Waals surface area contributed by atoms with Gasteiger partial charge in [-0.2, -0.15) is 0 Å². The number of carbonyl (C=O) groups is 1. The number of benzene rings is 4. The maximum Gasteiger partial charge on any atom is 0.190 e. The number of phenolic OH excluding ortho intramolecular Hbond substituents is 1. The first-order chi connectivity index (χ1) is 14.6. The van der Waals surface area contributed by atoms with E-state index < -0.39 is 18.5 Å². The highest BCUT2D eigenvalue weighted by molar-refractivity contribution is 7.95. The van der Waals surface area contributed by atoms with E-state index in [4.69, 9.17) is 0 Å². The largest absolute Gasteiger partial charge is 0.507 e. The van der Waals surface area contributed by atoms with Crippen LogP contribution in [-0.2, 0) is 0 Å². The van der Waals surface area contributed by atoms with Gasteiger partial charge in [-0.1, -0.05) is 91.0 Å². The van der Waals surface area contributed by atoms with Crippen LogP contribution in [0.2, 0.25) is 0 Å². The molecule has 0 bridgehead atoms. The smallest absolute Gasteiger partial charge is 0.190 e. The Labute approximate surface area is 175 Å². The maximum atomic E-state index is 13.8. The van der Waals surface area contributed by atoms with E-state index in [-0.39, 0.29) is 11.3 Å². The van der Waals surface area contributed by atoms with Crippen molar-refractivity contribution in [3.8, 4) is 5.75 Å². The van der Waals surface area contributed by atoms with E-state index in [1.54, 1.807) is 5.80 Å². The topological polar surface area (TPSA) is 37.3 Å². The van der Waals surface area contributed by atoms with E-state index in [9.17, 15) is 14.3 Å². The van der Waals surface area contributed by atoms with Crippen LogP contribution in [0.25, 0.3) is 0 Å². The standard InChI is InChI=1S/C26H20FO2P/c27-20-16-17-25(28)24(18-20)26(29)19-30(21-10-4-1-5-11-21,22-12-6-2-7-13-22)23-14-8-3-9-15-23/h1-19,28H. The van der Waals surface area contributed by atoms with Gasteiger partial charge in [-0.25, -0.2) is 4.39 Å². The zero-order chi connectivity index (χ0) is 21.0. The Morgan fingerprint density at radius 2 is 1.13 bits per heavy atom. The molecule has 0 aliphatic heterocycles. The first kappa shape index (κ1) is 19.9. The molecule has 2 nitrogen and oxygen atoms in total. The molecule has 0 spiro atoms. The molecule has 1 N–H and O–H groups in total. The molecule has 0 aliphatic rings. The molecule has 0 saturated heterocycles. The summed E-state index contributed by atoms with van der Waals surface area (Å²) in [6.07, 6.45) is 0. The Kier molecular flexibility index (Phi) is 5.65. The summed E-state index contributed by atoms with van der Waals surface area (Å²) in [5.41, 5.74) is -0.0397. The lowest BCUT2D eigenvalue weighted by atomic mass is 10.1. The molecule has 0 saturated carbocycles. The molecule has 0 amide bonds. The number of aromatic hydroxyl groups is 1. The van der Waals surface area contributed by atoms with E-state index in [0.29, 0.717) is 0 Å². The lowest BCUT2D eigenvalue weighted by Crippen LogP contribution is -2.28. The van der Waals surface area contributed by atoms with Crippen LogP contribution in [0.5, 0.6) is 5.75 Å². The summed E-state index contributed by atoms with van der Waals surface area (Å²) >= 11 is 0. The zero-order valence-corrected chi connectivity index (χ0v) is 17.0. The van der Waals surface area contributed by atoms with Crippen LogP contribution < -0.4 is 15.9 Å². The van der Waals surface area contributed by atoms with Crippen molar-refractivity contribution in [2.45, 2.75) is 0 Å². The third-order valence-corrected chi connectivity index (χ3v) is 8.99. The van der Waals surface area contributed by atoms with Crippen LogP contribution in [0, 0.1) is 5.82 Å². The van der Waals surface area contributed by atoms with Crippen LogP contribution in [0.3, 0.4) is 0 Å². The van der Waals surface area contributed by atoms with Gasteiger partial charge >= 0.3 is 0 Å². The molecule has 4 rings (SSSR count). The monoisotopic (exact) mass is 414 g/mol. The number of hydrogen-bond acceptors (Lipinski definition) is 2. The first-order valence-electron chi connectivity index (χ1n) is 9.55. The third-order valence-electron chi connectivity index (χ3n) is 5.03. The summed E-state index contributed by atoms with van der Waals surface area (Å²) in [5.74, 6) is 0.482. The predicted molar refractivity (Wildman–Crippen MR) is 124 cm³/mol. The van der Waals surface area contributed by atoms with Crippen molar-refractivity contribution in [1.29, 1.82) is 0 Å². The lowest BCUT2D eigenvalue weighted by Gasteiger charge is -2.28. The van der Waals surface area contributed by atoms with Gasteiger partial charge in [0.2, 0.25) is 0 Å². The van der Waals surface area contributed by atoms with Gasteiger partial charge in [0.25, 0.3) is 0 Å². The van der Waals surface area contributed by atoms with Crippen LogP contribution in [0.1, 0.15) is 10.4 Å². The molecule has 0 aromatic heterocycles. The van der Waals surface area contributed by atoms with Crippen LogP contribution in [-0.4, -0.2) is 16.7 Å². The molecule has 0 radical (unpaired) electrons. The fourth-order valence-electron chi connectivity index (χ4n) is 3.61. The highest BCUT2D eigenvalue weighted by Crippen LogP contribution is 2.44. The Hall–Kier alpha value is -3.42. The average Bonchev–Trinajstić information content (AvgIpc) is 2.80. The number of hydrogen-bond donors (Lipinski definition) is 1. The quantitative estimate of drug-likeness (QED) is 0.385. The Balaban J connectivity index is 2.08. The lowest BCUT2D eigenvalue weighted by molar-refractivity contribution is 0.107. The molecule has 0 aliphatic carbocycles. The number of carbonyl (C=O) groups excluding carboxylic acids is 1. The molecule has 4 aromatic carbocycles. The molecule has 4 aromatic rings. The van der Waals surface area contributed by atoms with E-state index in [1.807, 2.05) is 91.0 Å². The SMILES string of the molecule is O=C(C=P(c1ccccc1)(c1ccccc1)c1ccccc1)c1cc(F)ccc1O. The fourth-order valence-corrected chi connectivity index (χ4v) is 7.37. The van der Waals surface area contributed by atoms with Gasteiger partial charge in [0, 0.05) is 0 Å². The van der Waals surface area contributed by atoms with Gasteiger partial charge in [0.15, 0.2) is 5.78 Å². The summed E-state index contributed by atoms with van der Waals surface area (Å²) in [5, 5.41) is 13.2. The molecule has 0 fully saturated rings. The molecular weight excluding hydrogens is 394 g/mol. The molecule has 0 heterocycles. The third kappa shape index (κ3) is 3.72. The number of rotatable bonds is 5. The van der Waals surface area contributed by atoms with E-state index in [1.165, 1.54) is 6.07 Å². The van der Waals surface area contributed by atoms with Gasteiger partial charge < -0.3 is 5.11 Å². The summed E-state index contributed by atoms with van der Waals surface area (Å²) in [6.45, 7) is -2.52. The van der Waals surface area contributed by atoms with Crippen molar-refractivity contribution < 1.29 is 14.3 Å². The fraction of sp³-hybridized carbons (Fsp3) is 0. The predicted octanol–water partition coefficient (Wildman–Crippen LogP) is 4.51. The second kappa shape index (κ2) is 8.52. The summed E-state index contributed by atoms with van der Waals surface area (Å²) in [4.78, 5) is 13.4. The number of Topliss-reactive ketones (excluding diaryl/α,β-unsaturated/α-hetero) is 1. The van der Waals surface area contributed by atoms with Gasteiger partial charge in [0.1, 0.15) is 11.6 Å².